The van der Waals surface area contributed by atoms with Crippen LogP contribution in [0.5, 0.6) is 5.75 Å². The number of anilines is 2. The second-order valence-corrected chi connectivity index (χ2v) is 11.2. The highest BCUT2D eigenvalue weighted by atomic mass is 35.5. The fourth-order valence-corrected chi connectivity index (χ4v) is 4.16. The summed E-state index contributed by atoms with van der Waals surface area (Å²) in [4.78, 5) is 29.0. The van der Waals surface area contributed by atoms with E-state index in [2.05, 4.69) is 31.0 Å². The Balaban J connectivity index is 1.52. The molecule has 0 radical (unpaired) electrons. The highest BCUT2D eigenvalue weighted by Gasteiger charge is 2.30. The van der Waals surface area contributed by atoms with E-state index in [1.54, 1.807) is 6.07 Å². The number of nitrogens with one attached hydrogen (secondary N) is 1. The molecule has 0 spiro atoms. The minimum absolute atomic E-state index is 0.0682. The van der Waals surface area contributed by atoms with E-state index < -0.39 is 0 Å². The smallest absolute Gasteiger partial charge is 0.262 e. The van der Waals surface area contributed by atoms with Crippen molar-refractivity contribution in [1.82, 2.24) is 4.90 Å². The summed E-state index contributed by atoms with van der Waals surface area (Å²) in [7, 11) is 0. The third-order valence-corrected chi connectivity index (χ3v) is 6.17. The Bertz CT molecular complexity index is 1010. The summed E-state index contributed by atoms with van der Waals surface area (Å²) >= 11 is 6.54. The van der Waals surface area contributed by atoms with Gasteiger partial charge in [-0.3, -0.25) is 9.59 Å². The maximum atomic E-state index is 12.5. The number of hydrogen-bond acceptors (Lipinski definition) is 4. The Kier molecular flexibility index (Phi) is 7.81. The van der Waals surface area contributed by atoms with Gasteiger partial charge in [0.15, 0.2) is 6.61 Å². The first kappa shape index (κ1) is 25.9. The van der Waals surface area contributed by atoms with Gasteiger partial charge in [-0.15, -0.1) is 0 Å². The lowest BCUT2D eigenvalue weighted by molar-refractivity contribution is -0.139. The standard InChI is InChI=1S/C27H36ClN3O3/c1-26(2,3)19-7-10-21(11-8-19)34-18-24(32)29-20-9-12-23(22(28)17-20)30-13-15-31(16-14-30)25(33)27(4,5)6/h7-12,17H,13-16,18H2,1-6H3,(H,29,32). The molecular weight excluding hydrogens is 450 g/mol. The van der Waals surface area contributed by atoms with Crippen LogP contribution in [0.2, 0.25) is 5.02 Å². The molecule has 0 unspecified atom stereocenters. The Morgan fingerprint density at radius 1 is 0.941 bits per heavy atom. The number of piperazine rings is 1. The third-order valence-electron chi connectivity index (χ3n) is 5.87. The molecule has 0 atom stereocenters. The number of nitrogens with zero attached hydrogens (tertiary/aromatic N) is 2. The second-order valence-electron chi connectivity index (χ2n) is 10.8. The third kappa shape index (κ3) is 6.66. The van der Waals surface area contributed by atoms with Gasteiger partial charge in [0, 0.05) is 37.3 Å². The number of carbonyl (C=O) groups is 2. The lowest BCUT2D eigenvalue weighted by Crippen LogP contribution is -2.51. The van der Waals surface area contributed by atoms with E-state index in [-0.39, 0.29) is 29.3 Å². The van der Waals surface area contributed by atoms with E-state index in [1.807, 2.05) is 62.1 Å². The maximum absolute atomic E-state index is 12.5. The fourth-order valence-electron chi connectivity index (χ4n) is 3.86. The van der Waals surface area contributed by atoms with Crippen LogP contribution in [-0.4, -0.2) is 49.5 Å². The SMILES string of the molecule is CC(C)(C)C(=O)N1CCN(c2ccc(NC(=O)COc3ccc(C(C)(C)C)cc3)cc2Cl)CC1. The van der Waals surface area contributed by atoms with Crippen LogP contribution in [0.1, 0.15) is 47.1 Å². The number of hydrogen-bond donors (Lipinski definition) is 1. The first-order chi connectivity index (χ1) is 15.8. The van der Waals surface area contributed by atoms with Gasteiger partial charge in [-0.05, 0) is 41.3 Å². The topological polar surface area (TPSA) is 61.9 Å². The Morgan fingerprint density at radius 2 is 1.56 bits per heavy atom. The summed E-state index contributed by atoms with van der Waals surface area (Å²) in [6.45, 7) is 15.0. The van der Waals surface area contributed by atoms with Crippen molar-refractivity contribution in [2.45, 2.75) is 47.0 Å². The van der Waals surface area contributed by atoms with Crippen LogP contribution < -0.4 is 15.0 Å². The molecule has 2 aromatic rings. The van der Waals surface area contributed by atoms with Gasteiger partial charge in [0.1, 0.15) is 5.75 Å². The number of rotatable bonds is 5. The molecule has 1 saturated heterocycles. The average Bonchev–Trinajstić information content (AvgIpc) is 2.76. The van der Waals surface area contributed by atoms with Gasteiger partial charge in [0.25, 0.3) is 5.91 Å². The average molecular weight is 486 g/mol. The molecular formula is C27H36ClN3O3. The summed E-state index contributed by atoms with van der Waals surface area (Å²) in [5, 5.41) is 3.40. The van der Waals surface area contributed by atoms with E-state index in [9.17, 15) is 9.59 Å². The predicted octanol–water partition coefficient (Wildman–Crippen LogP) is 5.35. The zero-order valence-corrected chi connectivity index (χ0v) is 21.8. The van der Waals surface area contributed by atoms with E-state index in [0.717, 1.165) is 18.8 Å². The van der Waals surface area contributed by atoms with Gasteiger partial charge in [-0.2, -0.15) is 0 Å². The molecule has 0 aromatic heterocycles. The first-order valence-electron chi connectivity index (χ1n) is 11.7. The van der Waals surface area contributed by atoms with Crippen molar-refractivity contribution in [3.63, 3.8) is 0 Å². The van der Waals surface area contributed by atoms with Gasteiger partial charge >= 0.3 is 0 Å². The van der Waals surface area contributed by atoms with Crippen LogP contribution in [-0.2, 0) is 15.0 Å². The molecule has 3 rings (SSSR count). The Morgan fingerprint density at radius 3 is 2.09 bits per heavy atom. The molecule has 0 bridgehead atoms. The summed E-state index contributed by atoms with van der Waals surface area (Å²) in [6.07, 6.45) is 0. The normalized spacial score (nSPS) is 14.7. The van der Waals surface area contributed by atoms with Gasteiger partial charge in [0.2, 0.25) is 5.91 Å². The van der Waals surface area contributed by atoms with E-state index in [1.165, 1.54) is 5.56 Å². The second kappa shape index (κ2) is 10.3. The quantitative estimate of drug-likeness (QED) is 0.620. The highest BCUT2D eigenvalue weighted by Crippen LogP contribution is 2.30. The number of halogens is 1. The van der Waals surface area contributed by atoms with Gasteiger partial charge < -0.3 is 19.9 Å². The number of benzene rings is 2. The van der Waals surface area contributed by atoms with Gasteiger partial charge in [-0.25, -0.2) is 0 Å². The molecule has 6 nitrogen and oxygen atoms in total. The van der Waals surface area contributed by atoms with Crippen LogP contribution >= 0.6 is 11.6 Å². The van der Waals surface area contributed by atoms with Crippen molar-refractivity contribution in [2.24, 2.45) is 5.41 Å². The summed E-state index contributed by atoms with van der Waals surface area (Å²) in [6, 6.07) is 13.3. The Hall–Kier alpha value is -2.73. The zero-order valence-electron chi connectivity index (χ0n) is 21.1. The lowest BCUT2D eigenvalue weighted by Gasteiger charge is -2.39. The van der Waals surface area contributed by atoms with Crippen LogP contribution in [0.15, 0.2) is 42.5 Å². The van der Waals surface area contributed by atoms with E-state index >= 15 is 0 Å². The molecule has 2 amide bonds. The summed E-state index contributed by atoms with van der Waals surface area (Å²) < 4.78 is 5.62. The zero-order chi connectivity index (χ0) is 25.1. The molecule has 1 heterocycles. The van der Waals surface area contributed by atoms with Crippen LogP contribution in [0, 0.1) is 5.41 Å². The van der Waals surface area contributed by atoms with E-state index in [4.69, 9.17) is 16.3 Å². The molecule has 184 valence electrons. The van der Waals surface area contributed by atoms with Crippen molar-refractivity contribution >= 4 is 34.8 Å². The van der Waals surface area contributed by atoms with Crippen molar-refractivity contribution in [3.8, 4) is 5.75 Å². The highest BCUT2D eigenvalue weighted by molar-refractivity contribution is 6.33. The minimum atomic E-state index is -0.376. The van der Waals surface area contributed by atoms with Gasteiger partial charge in [0.05, 0.1) is 10.7 Å². The number of amides is 2. The predicted molar refractivity (Wildman–Crippen MR) is 139 cm³/mol. The van der Waals surface area contributed by atoms with E-state index in [0.29, 0.717) is 29.5 Å². The van der Waals surface area contributed by atoms with Crippen molar-refractivity contribution in [1.29, 1.82) is 0 Å². The largest absolute Gasteiger partial charge is 0.484 e. The molecule has 1 aliphatic heterocycles. The summed E-state index contributed by atoms with van der Waals surface area (Å²) in [5.41, 5.74) is 2.42. The molecule has 7 heteroatoms. The molecule has 34 heavy (non-hydrogen) atoms. The maximum Gasteiger partial charge on any atom is 0.262 e. The van der Waals surface area contributed by atoms with Crippen molar-refractivity contribution in [3.05, 3.63) is 53.1 Å². The van der Waals surface area contributed by atoms with Crippen molar-refractivity contribution < 1.29 is 14.3 Å². The van der Waals surface area contributed by atoms with Crippen molar-refractivity contribution in [2.75, 3.05) is 43.0 Å². The first-order valence-corrected chi connectivity index (χ1v) is 12.1. The minimum Gasteiger partial charge on any atom is -0.484 e. The number of carbonyl (C=O) groups excluding carboxylic acids is 2. The van der Waals surface area contributed by atoms with Crippen LogP contribution in [0.3, 0.4) is 0 Å². The van der Waals surface area contributed by atoms with Crippen LogP contribution in [0.25, 0.3) is 0 Å². The molecule has 0 aliphatic carbocycles. The number of ether oxygens (including phenoxy) is 1. The molecule has 0 saturated carbocycles. The monoisotopic (exact) mass is 485 g/mol. The Labute approximate surface area is 208 Å². The summed E-state index contributed by atoms with van der Waals surface area (Å²) in [5.74, 6) is 0.572. The van der Waals surface area contributed by atoms with Gasteiger partial charge in [-0.1, -0.05) is 65.3 Å². The lowest BCUT2D eigenvalue weighted by atomic mass is 9.87. The fraction of sp³-hybridized carbons (Fsp3) is 0.481. The molecule has 1 N–H and O–H groups in total. The molecule has 2 aromatic carbocycles. The molecule has 1 fully saturated rings. The van der Waals surface area contributed by atoms with Crippen LogP contribution in [0.4, 0.5) is 11.4 Å². The molecule has 1 aliphatic rings.